The van der Waals surface area contributed by atoms with E-state index in [1.54, 1.807) is 48.5 Å². The minimum atomic E-state index is -0.788. The summed E-state index contributed by atoms with van der Waals surface area (Å²) in [5, 5.41) is 10.9. The summed E-state index contributed by atoms with van der Waals surface area (Å²) in [4.78, 5) is 35.2. The van der Waals surface area contributed by atoms with Crippen LogP contribution in [0.1, 0.15) is 6.92 Å². The maximum atomic E-state index is 12.1. The summed E-state index contributed by atoms with van der Waals surface area (Å²) in [6, 6.07) is 23.2. The minimum absolute atomic E-state index is 0.189. The van der Waals surface area contributed by atoms with Crippen molar-refractivity contribution in [3.8, 4) is 0 Å². The molecule has 3 amide bonds. The van der Waals surface area contributed by atoms with Crippen LogP contribution in [0.3, 0.4) is 0 Å². The molecule has 0 aliphatic carbocycles. The first-order valence-corrected chi connectivity index (χ1v) is 8.92. The molecule has 29 heavy (non-hydrogen) atoms. The molecule has 3 aromatic carbocycles. The minimum Gasteiger partial charge on any atom is -0.356 e. The van der Waals surface area contributed by atoms with Crippen molar-refractivity contribution in [1.82, 2.24) is 0 Å². The quantitative estimate of drug-likeness (QED) is 0.497. The number of carbonyl (C=O) groups is 3. The number of carbonyl (C=O) groups excluding carboxylic acids is 3. The van der Waals surface area contributed by atoms with Gasteiger partial charge in [0.25, 0.3) is 0 Å². The monoisotopic (exact) mass is 388 g/mol. The van der Waals surface area contributed by atoms with E-state index in [0.29, 0.717) is 17.1 Å². The molecule has 0 atom stereocenters. The zero-order chi connectivity index (χ0) is 20.6. The molecule has 0 bridgehead atoms. The van der Waals surface area contributed by atoms with Gasteiger partial charge in [0.2, 0.25) is 5.91 Å². The highest BCUT2D eigenvalue weighted by Crippen LogP contribution is 2.19. The molecule has 7 nitrogen and oxygen atoms in total. The molecule has 0 radical (unpaired) electrons. The molecule has 3 aromatic rings. The Morgan fingerprint density at radius 1 is 0.517 bits per heavy atom. The van der Waals surface area contributed by atoms with E-state index in [0.717, 1.165) is 11.4 Å². The molecule has 0 aliphatic rings. The highest BCUT2D eigenvalue weighted by Gasteiger charge is 2.14. The maximum Gasteiger partial charge on any atom is 0.314 e. The molecule has 3 rings (SSSR count). The van der Waals surface area contributed by atoms with Gasteiger partial charge in [-0.25, -0.2) is 0 Å². The third-order valence-electron chi connectivity index (χ3n) is 3.87. The van der Waals surface area contributed by atoms with Gasteiger partial charge in [-0.3, -0.25) is 14.4 Å². The highest BCUT2D eigenvalue weighted by molar-refractivity contribution is 6.43. The lowest BCUT2D eigenvalue weighted by molar-refractivity contribution is -0.132. The van der Waals surface area contributed by atoms with Crippen molar-refractivity contribution >= 4 is 46.2 Å². The van der Waals surface area contributed by atoms with Gasteiger partial charge < -0.3 is 21.3 Å². The largest absolute Gasteiger partial charge is 0.356 e. The lowest BCUT2D eigenvalue weighted by Gasteiger charge is -2.09. The summed E-state index contributed by atoms with van der Waals surface area (Å²) in [5.41, 5.74) is 3.36. The summed E-state index contributed by atoms with van der Waals surface area (Å²) in [7, 11) is 0. The molecule has 0 aromatic heterocycles. The Kier molecular flexibility index (Phi) is 6.22. The second-order valence-corrected chi connectivity index (χ2v) is 6.24. The first kappa shape index (κ1) is 19.6. The summed E-state index contributed by atoms with van der Waals surface area (Å²) >= 11 is 0. The fourth-order valence-corrected chi connectivity index (χ4v) is 2.54. The van der Waals surface area contributed by atoms with E-state index < -0.39 is 11.8 Å². The van der Waals surface area contributed by atoms with Gasteiger partial charge in [0.15, 0.2) is 0 Å². The van der Waals surface area contributed by atoms with Gasteiger partial charge in [0.1, 0.15) is 0 Å². The van der Waals surface area contributed by atoms with E-state index in [9.17, 15) is 14.4 Å². The van der Waals surface area contributed by atoms with Crippen LogP contribution in [0.2, 0.25) is 0 Å². The van der Waals surface area contributed by atoms with Gasteiger partial charge in [0, 0.05) is 35.4 Å². The molecule has 0 heterocycles. The van der Waals surface area contributed by atoms with E-state index in [2.05, 4.69) is 21.3 Å². The van der Waals surface area contributed by atoms with Crippen LogP contribution in [0.15, 0.2) is 78.9 Å². The first-order valence-electron chi connectivity index (χ1n) is 8.92. The summed E-state index contributed by atoms with van der Waals surface area (Å²) in [5.74, 6) is -1.75. The topological polar surface area (TPSA) is 99.3 Å². The molecule has 0 saturated carbocycles. The number of para-hydroxylation sites is 1. The predicted molar refractivity (Wildman–Crippen MR) is 114 cm³/mol. The van der Waals surface area contributed by atoms with Crippen LogP contribution in [0.5, 0.6) is 0 Å². The SMILES string of the molecule is CC(=O)Nc1ccc(NC(=O)C(=O)Nc2ccc(Nc3ccccc3)cc2)cc1. The Balaban J connectivity index is 1.54. The maximum absolute atomic E-state index is 12.1. The van der Waals surface area contributed by atoms with Crippen LogP contribution in [-0.2, 0) is 14.4 Å². The van der Waals surface area contributed by atoms with Gasteiger partial charge in [-0.2, -0.15) is 0 Å². The van der Waals surface area contributed by atoms with Crippen molar-refractivity contribution in [1.29, 1.82) is 0 Å². The number of amides is 3. The van der Waals surface area contributed by atoms with Crippen molar-refractivity contribution in [2.45, 2.75) is 6.92 Å². The summed E-state index contributed by atoms with van der Waals surface area (Å²) in [6.07, 6.45) is 0. The van der Waals surface area contributed by atoms with E-state index in [1.165, 1.54) is 6.92 Å². The summed E-state index contributed by atoms with van der Waals surface area (Å²) in [6.45, 7) is 1.41. The van der Waals surface area contributed by atoms with Crippen LogP contribution < -0.4 is 21.3 Å². The van der Waals surface area contributed by atoms with Gasteiger partial charge in [-0.15, -0.1) is 0 Å². The van der Waals surface area contributed by atoms with Crippen molar-refractivity contribution in [2.24, 2.45) is 0 Å². The van der Waals surface area contributed by atoms with Gasteiger partial charge in [-0.1, -0.05) is 18.2 Å². The second kappa shape index (κ2) is 9.18. The Labute approximate surface area is 168 Å². The number of hydrogen-bond donors (Lipinski definition) is 4. The Morgan fingerprint density at radius 2 is 0.897 bits per heavy atom. The Hall–Kier alpha value is -4.13. The van der Waals surface area contributed by atoms with Crippen LogP contribution in [-0.4, -0.2) is 17.7 Å². The lowest BCUT2D eigenvalue weighted by Crippen LogP contribution is -2.29. The van der Waals surface area contributed by atoms with Gasteiger partial charge in [0.05, 0.1) is 0 Å². The normalized spacial score (nSPS) is 9.97. The molecule has 0 unspecified atom stereocenters. The van der Waals surface area contributed by atoms with Crippen molar-refractivity contribution in [2.75, 3.05) is 21.3 Å². The molecule has 146 valence electrons. The molecule has 7 heteroatoms. The van der Waals surface area contributed by atoms with E-state index >= 15 is 0 Å². The standard InChI is InChI=1S/C22H20N4O3/c1-15(27)23-17-7-11-19(12-8-17)25-21(28)22(29)26-20-13-9-18(10-14-20)24-16-5-3-2-4-6-16/h2-14,24H,1H3,(H,23,27)(H,25,28)(H,26,29). The molecule has 0 aliphatic heterocycles. The smallest absolute Gasteiger partial charge is 0.314 e. The summed E-state index contributed by atoms with van der Waals surface area (Å²) < 4.78 is 0. The third kappa shape index (κ3) is 5.93. The second-order valence-electron chi connectivity index (χ2n) is 6.24. The predicted octanol–water partition coefficient (Wildman–Crippen LogP) is 3.97. The number of benzene rings is 3. The number of hydrogen-bond acceptors (Lipinski definition) is 4. The van der Waals surface area contributed by atoms with Crippen LogP contribution in [0.25, 0.3) is 0 Å². The number of anilines is 5. The van der Waals surface area contributed by atoms with E-state index in [4.69, 9.17) is 0 Å². The molecule has 4 N–H and O–H groups in total. The zero-order valence-electron chi connectivity index (χ0n) is 15.7. The molecular formula is C22H20N4O3. The molecule has 0 fully saturated rings. The fourth-order valence-electron chi connectivity index (χ4n) is 2.54. The average molecular weight is 388 g/mol. The van der Waals surface area contributed by atoms with Crippen LogP contribution >= 0.6 is 0 Å². The first-order chi connectivity index (χ1) is 14.0. The highest BCUT2D eigenvalue weighted by atomic mass is 16.2. The molecule has 0 saturated heterocycles. The molecular weight excluding hydrogens is 368 g/mol. The van der Waals surface area contributed by atoms with E-state index in [-0.39, 0.29) is 5.91 Å². The van der Waals surface area contributed by atoms with Gasteiger partial charge in [-0.05, 0) is 60.7 Å². The Morgan fingerprint density at radius 3 is 1.34 bits per heavy atom. The van der Waals surface area contributed by atoms with Crippen molar-refractivity contribution in [3.63, 3.8) is 0 Å². The number of rotatable bonds is 5. The Bertz CT molecular complexity index is 1000. The average Bonchev–Trinajstić information content (AvgIpc) is 2.71. The van der Waals surface area contributed by atoms with Crippen LogP contribution in [0.4, 0.5) is 28.4 Å². The van der Waals surface area contributed by atoms with E-state index in [1.807, 2.05) is 30.3 Å². The molecule has 0 spiro atoms. The lowest BCUT2D eigenvalue weighted by atomic mass is 10.2. The van der Waals surface area contributed by atoms with Crippen molar-refractivity contribution < 1.29 is 14.4 Å². The number of nitrogens with one attached hydrogen (secondary N) is 4. The van der Waals surface area contributed by atoms with Gasteiger partial charge >= 0.3 is 11.8 Å². The zero-order valence-corrected chi connectivity index (χ0v) is 15.7. The third-order valence-corrected chi connectivity index (χ3v) is 3.87. The fraction of sp³-hybridized carbons (Fsp3) is 0.0455. The van der Waals surface area contributed by atoms with Crippen molar-refractivity contribution in [3.05, 3.63) is 78.9 Å². The van der Waals surface area contributed by atoms with Crippen LogP contribution in [0, 0.1) is 0 Å².